The Kier molecular flexibility index (Phi) is 3.03. The first-order chi connectivity index (χ1) is 9.08. The van der Waals surface area contributed by atoms with Crippen molar-refractivity contribution < 1.29 is 0 Å². The first-order valence-electron chi connectivity index (χ1n) is 5.71. The predicted octanol–water partition coefficient (Wildman–Crippen LogP) is 3.82. The highest BCUT2D eigenvalue weighted by atomic mass is 79.9. The molecule has 0 N–H and O–H groups in total. The van der Waals surface area contributed by atoms with Gasteiger partial charge in [0.25, 0.3) is 0 Å². The Morgan fingerprint density at radius 1 is 1.11 bits per heavy atom. The maximum atomic E-state index is 6.12. The monoisotopic (exact) mass is 336 g/mol. The zero-order chi connectivity index (χ0) is 13.6. The van der Waals surface area contributed by atoms with E-state index in [4.69, 9.17) is 11.6 Å². The number of rotatable bonds is 1. The Morgan fingerprint density at radius 3 is 2.47 bits per heavy atom. The fourth-order valence-corrected chi connectivity index (χ4v) is 2.47. The van der Waals surface area contributed by atoms with Crippen molar-refractivity contribution in [3.05, 3.63) is 45.3 Å². The molecule has 0 aliphatic carbocycles. The van der Waals surface area contributed by atoms with Crippen LogP contribution in [0.15, 0.2) is 28.7 Å². The average molecular weight is 338 g/mol. The summed E-state index contributed by atoms with van der Waals surface area (Å²) in [6, 6.07) is 7.93. The van der Waals surface area contributed by atoms with E-state index in [1.807, 2.05) is 42.5 Å². The van der Waals surface area contributed by atoms with Crippen molar-refractivity contribution in [2.45, 2.75) is 13.8 Å². The molecule has 96 valence electrons. The van der Waals surface area contributed by atoms with Crippen LogP contribution < -0.4 is 0 Å². The number of nitrogens with zero attached hydrogens (tertiary/aromatic N) is 4. The van der Waals surface area contributed by atoms with Gasteiger partial charge in [-0.3, -0.25) is 4.40 Å². The highest BCUT2D eigenvalue weighted by Crippen LogP contribution is 2.25. The number of hydrogen-bond acceptors (Lipinski definition) is 3. The Labute approximate surface area is 123 Å². The van der Waals surface area contributed by atoms with Crippen molar-refractivity contribution in [2.24, 2.45) is 0 Å². The first kappa shape index (κ1) is 12.6. The summed E-state index contributed by atoms with van der Waals surface area (Å²) >= 11 is 9.54. The molecule has 0 amide bonds. The third kappa shape index (κ3) is 2.03. The topological polar surface area (TPSA) is 43.1 Å². The van der Waals surface area contributed by atoms with E-state index in [2.05, 4.69) is 31.1 Å². The van der Waals surface area contributed by atoms with E-state index >= 15 is 0 Å². The molecule has 2 heterocycles. The van der Waals surface area contributed by atoms with E-state index in [0.717, 1.165) is 27.2 Å². The van der Waals surface area contributed by atoms with Crippen molar-refractivity contribution in [1.29, 1.82) is 0 Å². The van der Waals surface area contributed by atoms with E-state index in [0.29, 0.717) is 10.8 Å². The van der Waals surface area contributed by atoms with Gasteiger partial charge < -0.3 is 0 Å². The van der Waals surface area contributed by atoms with Crippen molar-refractivity contribution in [2.75, 3.05) is 0 Å². The molecule has 0 aliphatic rings. The zero-order valence-electron chi connectivity index (χ0n) is 10.4. The molecule has 0 unspecified atom stereocenters. The molecule has 2 aromatic heterocycles. The van der Waals surface area contributed by atoms with Gasteiger partial charge in [-0.15, -0.1) is 10.2 Å². The van der Waals surface area contributed by atoms with Gasteiger partial charge in [-0.25, -0.2) is 4.98 Å². The second kappa shape index (κ2) is 4.58. The summed E-state index contributed by atoms with van der Waals surface area (Å²) in [4.78, 5) is 4.26. The quantitative estimate of drug-likeness (QED) is 0.678. The van der Waals surface area contributed by atoms with Crippen molar-refractivity contribution in [3.63, 3.8) is 0 Å². The molecule has 0 atom stereocenters. The van der Waals surface area contributed by atoms with Crippen LogP contribution in [-0.4, -0.2) is 19.6 Å². The molecule has 0 spiro atoms. The van der Waals surface area contributed by atoms with Gasteiger partial charge in [-0.2, -0.15) is 0 Å². The summed E-state index contributed by atoms with van der Waals surface area (Å²) in [5.74, 6) is 0.771. The summed E-state index contributed by atoms with van der Waals surface area (Å²) < 4.78 is 2.96. The Balaban J connectivity index is 2.34. The first-order valence-corrected chi connectivity index (χ1v) is 6.89. The van der Waals surface area contributed by atoms with Crippen molar-refractivity contribution in [1.82, 2.24) is 19.6 Å². The maximum absolute atomic E-state index is 6.12. The molecule has 0 saturated heterocycles. The molecule has 0 aliphatic heterocycles. The van der Waals surface area contributed by atoms with Crippen LogP contribution in [0.4, 0.5) is 0 Å². The fourth-order valence-electron chi connectivity index (χ4n) is 1.96. The van der Waals surface area contributed by atoms with Crippen LogP contribution in [0, 0.1) is 13.8 Å². The fraction of sp³-hybridized carbons (Fsp3) is 0.154. The van der Waals surface area contributed by atoms with Crippen molar-refractivity contribution in [3.8, 4) is 11.4 Å². The van der Waals surface area contributed by atoms with Gasteiger partial charge >= 0.3 is 0 Å². The van der Waals surface area contributed by atoms with Gasteiger partial charge in [-0.1, -0.05) is 39.7 Å². The van der Waals surface area contributed by atoms with Gasteiger partial charge in [0.2, 0.25) is 0 Å². The predicted molar refractivity (Wildman–Crippen MR) is 78.4 cm³/mol. The molecule has 6 heteroatoms. The van der Waals surface area contributed by atoms with E-state index < -0.39 is 0 Å². The molecule has 1 aromatic carbocycles. The van der Waals surface area contributed by atoms with E-state index in [1.54, 1.807) is 0 Å². The van der Waals surface area contributed by atoms with Gasteiger partial charge in [0.15, 0.2) is 16.6 Å². The zero-order valence-corrected chi connectivity index (χ0v) is 12.7. The molecule has 3 rings (SSSR count). The second-order valence-corrected chi connectivity index (χ2v) is 5.54. The van der Waals surface area contributed by atoms with Crippen LogP contribution in [0.5, 0.6) is 0 Å². The average Bonchev–Trinajstić information content (AvgIpc) is 2.82. The smallest absolute Gasteiger partial charge is 0.199 e. The molecule has 3 aromatic rings. The Morgan fingerprint density at radius 2 is 1.79 bits per heavy atom. The summed E-state index contributed by atoms with van der Waals surface area (Å²) in [5.41, 5.74) is 3.43. The minimum atomic E-state index is 0.374. The molecule has 4 nitrogen and oxygen atoms in total. The van der Waals surface area contributed by atoms with Gasteiger partial charge in [0.1, 0.15) is 0 Å². The largest absolute Gasteiger partial charge is 0.275 e. The number of halogens is 2. The van der Waals surface area contributed by atoms with E-state index in [1.165, 1.54) is 0 Å². The molecular formula is C13H10BrClN4. The summed E-state index contributed by atoms with van der Waals surface area (Å²) in [6.45, 7) is 3.91. The third-order valence-corrected chi connectivity index (χ3v) is 3.86. The number of aryl methyl sites for hydroxylation is 2. The molecule has 0 fully saturated rings. The van der Waals surface area contributed by atoms with Crippen LogP contribution in [0.2, 0.25) is 5.15 Å². The summed E-state index contributed by atoms with van der Waals surface area (Å²) in [5, 5.41) is 8.73. The molecule has 0 saturated carbocycles. The normalized spacial score (nSPS) is 11.2. The number of benzene rings is 1. The van der Waals surface area contributed by atoms with E-state index in [9.17, 15) is 0 Å². The highest BCUT2D eigenvalue weighted by molar-refractivity contribution is 9.10. The van der Waals surface area contributed by atoms with E-state index in [-0.39, 0.29) is 0 Å². The lowest BCUT2D eigenvalue weighted by Crippen LogP contribution is -2.00. The van der Waals surface area contributed by atoms with Crippen LogP contribution in [-0.2, 0) is 0 Å². The van der Waals surface area contributed by atoms with Crippen LogP contribution in [0.3, 0.4) is 0 Å². The van der Waals surface area contributed by atoms with Gasteiger partial charge in [-0.05, 0) is 26.0 Å². The minimum Gasteiger partial charge on any atom is -0.275 e. The molecule has 0 radical (unpaired) electrons. The summed E-state index contributed by atoms with van der Waals surface area (Å²) in [7, 11) is 0. The van der Waals surface area contributed by atoms with Crippen LogP contribution >= 0.6 is 27.5 Å². The van der Waals surface area contributed by atoms with Crippen LogP contribution in [0.25, 0.3) is 17.0 Å². The lowest BCUT2D eigenvalue weighted by molar-refractivity contribution is 1.000. The van der Waals surface area contributed by atoms with Crippen LogP contribution in [0.1, 0.15) is 11.4 Å². The molecular weight excluding hydrogens is 328 g/mol. The van der Waals surface area contributed by atoms with Gasteiger partial charge in [0.05, 0.1) is 5.69 Å². The number of fused-ring (bicyclic) bond motifs is 1. The Bertz CT molecular complexity index is 764. The molecule has 0 bridgehead atoms. The second-order valence-electron chi connectivity index (χ2n) is 4.26. The lowest BCUT2D eigenvalue weighted by Gasteiger charge is -2.07. The standard InChI is InChI=1S/C13H10BrClN4/c1-7-8(2)19-12(9-3-5-10(14)6-4-9)17-18-13(19)11(15)16-7/h3-6H,1-2H3. The van der Waals surface area contributed by atoms with Crippen molar-refractivity contribution >= 4 is 33.2 Å². The SMILES string of the molecule is Cc1nc(Cl)c2nnc(-c3ccc(Br)cc3)n2c1C. The summed E-state index contributed by atoms with van der Waals surface area (Å²) in [6.07, 6.45) is 0. The molecule has 19 heavy (non-hydrogen) atoms. The maximum Gasteiger partial charge on any atom is 0.199 e. The number of hydrogen-bond donors (Lipinski definition) is 0. The minimum absolute atomic E-state index is 0.374. The van der Waals surface area contributed by atoms with Gasteiger partial charge in [0, 0.05) is 15.7 Å². The third-order valence-electron chi connectivity index (χ3n) is 3.07. The highest BCUT2D eigenvalue weighted by Gasteiger charge is 2.15. The Hall–Kier alpha value is -1.46. The lowest BCUT2D eigenvalue weighted by atomic mass is 10.2. The number of aromatic nitrogens is 4.